The first kappa shape index (κ1) is 14.8. The second kappa shape index (κ2) is 10.4. The largest absolute Gasteiger partial charge is 0.301 e. The molecule has 1 saturated heterocycles. The number of piperazine rings is 1. The van der Waals surface area contributed by atoms with Gasteiger partial charge in [-0.1, -0.05) is 20.8 Å². The van der Waals surface area contributed by atoms with E-state index in [0.29, 0.717) is 6.61 Å². The molecule has 1 N–H and O–H groups in total. The van der Waals surface area contributed by atoms with Gasteiger partial charge in [0.05, 0.1) is 6.61 Å². The lowest BCUT2D eigenvalue weighted by Crippen LogP contribution is -2.47. The van der Waals surface area contributed by atoms with Crippen LogP contribution in [0.2, 0.25) is 0 Å². The van der Waals surface area contributed by atoms with Gasteiger partial charge in [-0.25, -0.2) is 4.89 Å². The predicted molar refractivity (Wildman–Crippen MR) is 63.1 cm³/mol. The maximum atomic E-state index is 8.20. The fraction of sp³-hybridized carbons (Fsp3) is 1.00. The molecule has 0 saturated carbocycles. The van der Waals surface area contributed by atoms with Gasteiger partial charge in [0.1, 0.15) is 0 Å². The molecule has 0 radical (unpaired) electrons. The Balaban J connectivity index is 0.000000921. The Bertz CT molecular complexity index is 126. The number of rotatable bonds is 5. The Kier molecular flexibility index (Phi) is 10.3. The maximum absolute atomic E-state index is 8.20. The lowest BCUT2D eigenvalue weighted by atomic mass is 10.3. The van der Waals surface area contributed by atoms with Crippen LogP contribution in [0.3, 0.4) is 0 Å². The molecule has 0 amide bonds. The van der Waals surface area contributed by atoms with Gasteiger partial charge >= 0.3 is 0 Å². The fourth-order valence-corrected chi connectivity index (χ4v) is 1.72. The molecule has 1 fully saturated rings. The van der Waals surface area contributed by atoms with Gasteiger partial charge in [-0.2, -0.15) is 0 Å². The van der Waals surface area contributed by atoms with E-state index in [1.54, 1.807) is 0 Å². The zero-order valence-corrected chi connectivity index (χ0v) is 10.4. The van der Waals surface area contributed by atoms with Gasteiger partial charge in [0.15, 0.2) is 0 Å². The van der Waals surface area contributed by atoms with Crippen LogP contribution in [0.25, 0.3) is 0 Å². The van der Waals surface area contributed by atoms with E-state index in [-0.39, 0.29) is 0 Å². The number of hydrogen-bond donors (Lipinski definition) is 1. The topological polar surface area (TPSA) is 35.9 Å². The zero-order valence-electron chi connectivity index (χ0n) is 10.4. The molecular weight excluding hydrogens is 192 g/mol. The third kappa shape index (κ3) is 6.84. The number of nitrogens with zero attached hydrogens (tertiary/aromatic N) is 2. The second-order valence-electron chi connectivity index (χ2n) is 3.52. The van der Waals surface area contributed by atoms with E-state index in [1.165, 1.54) is 13.0 Å². The molecule has 92 valence electrons. The SMILES string of the molecule is CC.CCCN1CCN(CCOO)CC1. The molecule has 0 aromatic rings. The summed E-state index contributed by atoms with van der Waals surface area (Å²) in [6.07, 6.45) is 1.24. The molecule has 4 nitrogen and oxygen atoms in total. The first-order valence-electron chi connectivity index (χ1n) is 6.08. The maximum Gasteiger partial charge on any atom is 0.0946 e. The van der Waals surface area contributed by atoms with Gasteiger partial charge in [-0.15, -0.1) is 0 Å². The Hall–Kier alpha value is -0.160. The zero-order chi connectivity index (χ0) is 11.5. The molecule has 1 heterocycles. The van der Waals surface area contributed by atoms with Gasteiger partial charge in [0.25, 0.3) is 0 Å². The average molecular weight is 218 g/mol. The lowest BCUT2D eigenvalue weighted by molar-refractivity contribution is -0.244. The summed E-state index contributed by atoms with van der Waals surface area (Å²) in [6, 6.07) is 0. The van der Waals surface area contributed by atoms with Gasteiger partial charge < -0.3 is 4.90 Å². The minimum atomic E-state index is 0.424. The van der Waals surface area contributed by atoms with E-state index in [1.807, 2.05) is 13.8 Å². The van der Waals surface area contributed by atoms with Crippen LogP contribution >= 0.6 is 0 Å². The summed E-state index contributed by atoms with van der Waals surface area (Å²) in [6.45, 7) is 13.2. The van der Waals surface area contributed by atoms with Crippen LogP contribution in [0.4, 0.5) is 0 Å². The molecule has 0 unspecified atom stereocenters. The van der Waals surface area contributed by atoms with Crippen molar-refractivity contribution >= 4 is 0 Å². The molecule has 0 aromatic carbocycles. The summed E-state index contributed by atoms with van der Waals surface area (Å²) in [7, 11) is 0. The van der Waals surface area contributed by atoms with E-state index >= 15 is 0 Å². The minimum absolute atomic E-state index is 0.424. The average Bonchev–Trinajstić information content (AvgIpc) is 2.31. The van der Waals surface area contributed by atoms with Crippen molar-refractivity contribution in [2.75, 3.05) is 45.9 Å². The summed E-state index contributed by atoms with van der Waals surface area (Å²) in [5.41, 5.74) is 0. The van der Waals surface area contributed by atoms with Gasteiger partial charge in [-0.05, 0) is 13.0 Å². The molecule has 15 heavy (non-hydrogen) atoms. The highest BCUT2D eigenvalue weighted by atomic mass is 17.1. The standard InChI is InChI=1S/C9H20N2O2.C2H6/c1-2-3-10-4-6-11(7-5-10)8-9-13-12;1-2/h12H,2-9H2,1H3;1-2H3. The highest BCUT2D eigenvalue weighted by molar-refractivity contribution is 4.70. The van der Waals surface area contributed by atoms with Crippen molar-refractivity contribution in [2.24, 2.45) is 0 Å². The molecule has 0 aliphatic carbocycles. The van der Waals surface area contributed by atoms with Gasteiger partial charge in [0, 0.05) is 32.7 Å². The quantitative estimate of drug-likeness (QED) is 0.561. The summed E-state index contributed by atoms with van der Waals surface area (Å²) in [5, 5.41) is 8.20. The van der Waals surface area contributed by atoms with Crippen molar-refractivity contribution in [2.45, 2.75) is 27.2 Å². The highest BCUT2D eigenvalue weighted by Crippen LogP contribution is 2.01. The van der Waals surface area contributed by atoms with Crippen molar-refractivity contribution in [1.29, 1.82) is 0 Å². The molecule has 0 spiro atoms. The third-order valence-electron chi connectivity index (χ3n) is 2.50. The Morgan fingerprint density at radius 2 is 1.47 bits per heavy atom. The fourth-order valence-electron chi connectivity index (χ4n) is 1.72. The predicted octanol–water partition coefficient (Wildman–Crippen LogP) is 1.53. The van der Waals surface area contributed by atoms with E-state index < -0.39 is 0 Å². The molecule has 1 aliphatic rings. The molecule has 4 heteroatoms. The normalized spacial score (nSPS) is 18.4. The molecule has 0 atom stereocenters. The van der Waals surface area contributed by atoms with Crippen LogP contribution in [0.15, 0.2) is 0 Å². The van der Waals surface area contributed by atoms with E-state index in [2.05, 4.69) is 21.6 Å². The molecule has 0 aromatic heterocycles. The van der Waals surface area contributed by atoms with Gasteiger partial charge in [0.2, 0.25) is 0 Å². The van der Waals surface area contributed by atoms with Crippen LogP contribution in [0.5, 0.6) is 0 Å². The van der Waals surface area contributed by atoms with E-state index in [4.69, 9.17) is 5.26 Å². The lowest BCUT2D eigenvalue weighted by Gasteiger charge is -2.34. The van der Waals surface area contributed by atoms with Crippen molar-refractivity contribution < 1.29 is 10.1 Å². The van der Waals surface area contributed by atoms with Crippen LogP contribution in [-0.2, 0) is 4.89 Å². The first-order valence-corrected chi connectivity index (χ1v) is 6.08. The number of hydrogen-bond acceptors (Lipinski definition) is 4. The van der Waals surface area contributed by atoms with Crippen LogP contribution in [0.1, 0.15) is 27.2 Å². The van der Waals surface area contributed by atoms with Crippen LogP contribution in [0, 0.1) is 0 Å². The monoisotopic (exact) mass is 218 g/mol. The Morgan fingerprint density at radius 1 is 1.00 bits per heavy atom. The first-order chi connectivity index (χ1) is 7.36. The summed E-state index contributed by atoms with van der Waals surface area (Å²) in [5.74, 6) is 0. The molecule has 0 bridgehead atoms. The second-order valence-corrected chi connectivity index (χ2v) is 3.52. The summed E-state index contributed by atoms with van der Waals surface area (Å²) < 4.78 is 0. The Labute approximate surface area is 93.7 Å². The molecule has 1 aliphatic heterocycles. The Morgan fingerprint density at radius 3 is 1.87 bits per heavy atom. The molecule has 1 rings (SSSR count). The van der Waals surface area contributed by atoms with Crippen LogP contribution < -0.4 is 0 Å². The van der Waals surface area contributed by atoms with Crippen molar-refractivity contribution in [1.82, 2.24) is 9.80 Å². The minimum Gasteiger partial charge on any atom is -0.301 e. The summed E-state index contributed by atoms with van der Waals surface area (Å²) >= 11 is 0. The summed E-state index contributed by atoms with van der Waals surface area (Å²) in [4.78, 5) is 8.87. The van der Waals surface area contributed by atoms with Crippen molar-refractivity contribution in [3.05, 3.63) is 0 Å². The van der Waals surface area contributed by atoms with Crippen LogP contribution in [-0.4, -0.2) is 60.9 Å². The van der Waals surface area contributed by atoms with Crippen molar-refractivity contribution in [3.8, 4) is 0 Å². The molecular formula is C11H26N2O2. The third-order valence-corrected chi connectivity index (χ3v) is 2.50. The van der Waals surface area contributed by atoms with E-state index in [0.717, 1.165) is 32.7 Å². The van der Waals surface area contributed by atoms with Gasteiger partial charge in [-0.3, -0.25) is 10.2 Å². The van der Waals surface area contributed by atoms with E-state index in [9.17, 15) is 0 Å². The van der Waals surface area contributed by atoms with Crippen molar-refractivity contribution in [3.63, 3.8) is 0 Å². The highest BCUT2D eigenvalue weighted by Gasteiger charge is 2.15. The smallest absolute Gasteiger partial charge is 0.0946 e.